The van der Waals surface area contributed by atoms with Gasteiger partial charge in [-0.2, -0.15) is 0 Å². The molecule has 0 saturated heterocycles. The SMILES string of the molecule is O=c1[nH]c(=S)[nH]c(O)c1C=Nc1ccc(-c2ccccc2)cc1. The Kier molecular flexibility index (Phi) is 4.16. The predicted octanol–water partition coefficient (Wildman–Crippen LogP) is 3.56. The van der Waals surface area contributed by atoms with Crippen LogP contribution in [-0.2, 0) is 0 Å². The van der Waals surface area contributed by atoms with Gasteiger partial charge in [0, 0.05) is 6.21 Å². The fraction of sp³-hybridized carbons (Fsp3) is 0. The summed E-state index contributed by atoms with van der Waals surface area (Å²) in [5.74, 6) is -0.302. The van der Waals surface area contributed by atoms with Crippen LogP contribution in [0.4, 0.5) is 5.69 Å². The summed E-state index contributed by atoms with van der Waals surface area (Å²) >= 11 is 4.77. The Bertz CT molecular complexity index is 958. The minimum atomic E-state index is -0.490. The zero-order chi connectivity index (χ0) is 16.2. The maximum Gasteiger partial charge on any atom is 0.264 e. The van der Waals surface area contributed by atoms with Gasteiger partial charge in [0.25, 0.3) is 5.56 Å². The number of benzene rings is 2. The Morgan fingerprint density at radius 3 is 2.26 bits per heavy atom. The lowest BCUT2D eigenvalue weighted by molar-refractivity contribution is 0.449. The van der Waals surface area contributed by atoms with Crippen LogP contribution in [0, 0.1) is 4.77 Å². The van der Waals surface area contributed by atoms with Gasteiger partial charge < -0.3 is 10.1 Å². The van der Waals surface area contributed by atoms with Crippen molar-refractivity contribution in [3.05, 3.63) is 75.3 Å². The van der Waals surface area contributed by atoms with Crippen molar-refractivity contribution >= 4 is 24.1 Å². The highest BCUT2D eigenvalue weighted by atomic mass is 32.1. The Balaban J connectivity index is 1.87. The first kappa shape index (κ1) is 14.9. The van der Waals surface area contributed by atoms with Crippen LogP contribution < -0.4 is 5.56 Å². The summed E-state index contributed by atoms with van der Waals surface area (Å²) in [5.41, 5.74) is 2.41. The van der Waals surface area contributed by atoms with Crippen molar-refractivity contribution in [1.82, 2.24) is 9.97 Å². The number of aromatic hydroxyl groups is 1. The summed E-state index contributed by atoms with van der Waals surface area (Å²) in [6.07, 6.45) is 1.30. The first-order valence-electron chi connectivity index (χ1n) is 6.88. The summed E-state index contributed by atoms with van der Waals surface area (Å²) < 4.78 is 0.0665. The van der Waals surface area contributed by atoms with E-state index in [9.17, 15) is 9.90 Å². The standard InChI is InChI=1S/C17H13N3O2S/c21-15-14(16(22)20-17(23)19-15)10-18-13-8-6-12(7-9-13)11-4-2-1-3-5-11/h1-10H,(H3,19,20,21,22,23). The Hall–Kier alpha value is -2.99. The topological polar surface area (TPSA) is 81.2 Å². The molecule has 0 aliphatic rings. The largest absolute Gasteiger partial charge is 0.494 e. The molecule has 5 nitrogen and oxygen atoms in total. The van der Waals surface area contributed by atoms with Crippen molar-refractivity contribution in [2.45, 2.75) is 0 Å². The van der Waals surface area contributed by atoms with Gasteiger partial charge in [0.15, 0.2) is 4.77 Å². The Labute approximate surface area is 137 Å². The molecular weight excluding hydrogens is 310 g/mol. The summed E-state index contributed by atoms with van der Waals surface area (Å²) in [7, 11) is 0. The molecule has 3 aromatic rings. The Morgan fingerprint density at radius 2 is 1.61 bits per heavy atom. The molecule has 2 aromatic carbocycles. The molecule has 0 atom stereocenters. The van der Waals surface area contributed by atoms with Crippen LogP contribution in [0.1, 0.15) is 5.56 Å². The predicted molar refractivity (Wildman–Crippen MR) is 93.0 cm³/mol. The van der Waals surface area contributed by atoms with Crippen molar-refractivity contribution in [3.63, 3.8) is 0 Å². The van der Waals surface area contributed by atoms with Crippen molar-refractivity contribution < 1.29 is 5.11 Å². The van der Waals surface area contributed by atoms with E-state index in [2.05, 4.69) is 15.0 Å². The highest BCUT2D eigenvalue weighted by Gasteiger charge is 2.04. The highest BCUT2D eigenvalue weighted by Crippen LogP contribution is 2.22. The molecule has 3 N–H and O–H groups in total. The molecule has 0 saturated carbocycles. The van der Waals surface area contributed by atoms with Crippen LogP contribution >= 0.6 is 12.2 Å². The molecule has 0 spiro atoms. The van der Waals surface area contributed by atoms with E-state index in [4.69, 9.17) is 12.2 Å². The molecule has 114 valence electrons. The van der Waals surface area contributed by atoms with Crippen LogP contribution in [0.3, 0.4) is 0 Å². The van der Waals surface area contributed by atoms with E-state index in [-0.39, 0.29) is 16.2 Å². The van der Waals surface area contributed by atoms with E-state index in [0.29, 0.717) is 5.69 Å². The zero-order valence-electron chi connectivity index (χ0n) is 12.0. The first-order chi connectivity index (χ1) is 11.1. The van der Waals surface area contributed by atoms with Crippen LogP contribution in [0.15, 0.2) is 64.4 Å². The number of aromatic nitrogens is 2. The van der Waals surface area contributed by atoms with Gasteiger partial charge in [-0.1, -0.05) is 42.5 Å². The van der Waals surface area contributed by atoms with E-state index in [0.717, 1.165) is 11.1 Å². The third-order valence-electron chi connectivity index (χ3n) is 3.28. The maximum absolute atomic E-state index is 11.7. The highest BCUT2D eigenvalue weighted by molar-refractivity contribution is 7.71. The van der Waals surface area contributed by atoms with Gasteiger partial charge in [-0.15, -0.1) is 0 Å². The molecule has 0 aliphatic heterocycles. The third kappa shape index (κ3) is 3.44. The molecule has 0 unspecified atom stereocenters. The average Bonchev–Trinajstić information content (AvgIpc) is 2.55. The minimum Gasteiger partial charge on any atom is -0.494 e. The molecule has 3 rings (SSSR count). The van der Waals surface area contributed by atoms with Crippen molar-refractivity contribution in [3.8, 4) is 17.0 Å². The van der Waals surface area contributed by atoms with Gasteiger partial charge in [0.1, 0.15) is 5.56 Å². The number of rotatable bonds is 3. The molecule has 0 aliphatic carbocycles. The quantitative estimate of drug-likeness (QED) is 0.509. The molecule has 0 amide bonds. The molecule has 1 heterocycles. The van der Waals surface area contributed by atoms with Crippen LogP contribution in [0.25, 0.3) is 11.1 Å². The molecule has 0 bridgehead atoms. The van der Waals surface area contributed by atoms with E-state index >= 15 is 0 Å². The molecular formula is C17H13N3O2S. The lowest BCUT2D eigenvalue weighted by Crippen LogP contribution is -2.13. The smallest absolute Gasteiger partial charge is 0.264 e. The monoisotopic (exact) mass is 323 g/mol. The fourth-order valence-corrected chi connectivity index (χ4v) is 2.30. The third-order valence-corrected chi connectivity index (χ3v) is 3.48. The van der Waals surface area contributed by atoms with Gasteiger partial charge in [0.05, 0.1) is 5.69 Å². The van der Waals surface area contributed by atoms with Crippen molar-refractivity contribution in [2.75, 3.05) is 0 Å². The van der Waals surface area contributed by atoms with Crippen LogP contribution in [0.5, 0.6) is 5.88 Å². The summed E-state index contributed by atoms with van der Waals surface area (Å²) in [5, 5.41) is 9.71. The Morgan fingerprint density at radius 1 is 0.957 bits per heavy atom. The van der Waals surface area contributed by atoms with Gasteiger partial charge in [0.2, 0.25) is 5.88 Å². The average molecular weight is 323 g/mol. The normalized spacial score (nSPS) is 11.0. The fourth-order valence-electron chi connectivity index (χ4n) is 2.11. The number of aliphatic imine (C=N–C) groups is 1. The summed E-state index contributed by atoms with van der Waals surface area (Å²) in [6, 6.07) is 17.6. The van der Waals surface area contributed by atoms with Crippen molar-refractivity contribution in [1.29, 1.82) is 0 Å². The number of nitrogens with one attached hydrogen (secondary N) is 2. The lowest BCUT2D eigenvalue weighted by atomic mass is 10.1. The van der Waals surface area contributed by atoms with Gasteiger partial charge in [-0.05, 0) is 35.5 Å². The van der Waals surface area contributed by atoms with E-state index in [1.807, 2.05) is 54.6 Å². The van der Waals surface area contributed by atoms with Crippen LogP contribution in [0.2, 0.25) is 0 Å². The second kappa shape index (κ2) is 6.41. The second-order valence-corrected chi connectivity index (χ2v) is 5.25. The maximum atomic E-state index is 11.7. The second-order valence-electron chi connectivity index (χ2n) is 4.84. The number of hydrogen-bond acceptors (Lipinski definition) is 4. The molecule has 0 radical (unpaired) electrons. The van der Waals surface area contributed by atoms with E-state index < -0.39 is 5.56 Å². The minimum absolute atomic E-state index is 0.0331. The van der Waals surface area contributed by atoms with Crippen molar-refractivity contribution in [2.24, 2.45) is 4.99 Å². The molecule has 23 heavy (non-hydrogen) atoms. The number of aromatic amines is 2. The molecule has 6 heteroatoms. The first-order valence-corrected chi connectivity index (χ1v) is 7.29. The van der Waals surface area contributed by atoms with Crippen LogP contribution in [-0.4, -0.2) is 21.3 Å². The van der Waals surface area contributed by atoms with Gasteiger partial charge in [-0.25, -0.2) is 0 Å². The summed E-state index contributed by atoms with van der Waals surface area (Å²) in [6.45, 7) is 0. The van der Waals surface area contributed by atoms with E-state index in [1.54, 1.807) is 0 Å². The van der Waals surface area contributed by atoms with Gasteiger partial charge >= 0.3 is 0 Å². The number of nitrogens with zero attached hydrogens (tertiary/aromatic N) is 1. The number of H-pyrrole nitrogens is 2. The summed E-state index contributed by atoms with van der Waals surface area (Å²) in [4.78, 5) is 20.8. The lowest BCUT2D eigenvalue weighted by Gasteiger charge is -2.02. The zero-order valence-corrected chi connectivity index (χ0v) is 12.8. The molecule has 1 aromatic heterocycles. The number of hydrogen-bond donors (Lipinski definition) is 3. The van der Waals surface area contributed by atoms with E-state index in [1.165, 1.54) is 6.21 Å². The molecule has 0 fully saturated rings. The van der Waals surface area contributed by atoms with Gasteiger partial charge in [-0.3, -0.25) is 14.8 Å².